The highest BCUT2D eigenvalue weighted by atomic mass is 28.3. The molecule has 20 heavy (non-hydrogen) atoms. The molecule has 2 aromatic carbocycles. The van der Waals surface area contributed by atoms with Crippen LogP contribution in [0, 0.1) is 0 Å². The Morgan fingerprint density at radius 2 is 1.25 bits per heavy atom. The quantitative estimate of drug-likeness (QED) is 0.784. The maximum atomic E-state index is 10.2. The highest BCUT2D eigenvalue weighted by molar-refractivity contribution is 6.92. The van der Waals surface area contributed by atoms with Crippen molar-refractivity contribution in [3.8, 4) is 16.9 Å². The molecule has 0 amide bonds. The molecule has 0 radical (unpaired) electrons. The average molecular weight is 284 g/mol. The molecule has 0 aliphatic rings. The average Bonchev–Trinajstić information content (AvgIpc) is 2.51. The number of para-hydroxylation sites is 1. The van der Waals surface area contributed by atoms with Crippen LogP contribution in [0.25, 0.3) is 11.1 Å². The van der Waals surface area contributed by atoms with E-state index in [0.717, 1.165) is 5.56 Å². The maximum absolute atomic E-state index is 10.2. The van der Waals surface area contributed by atoms with Crippen LogP contribution in [0.4, 0.5) is 0 Å². The molecule has 0 spiro atoms. The first-order valence-electron chi connectivity index (χ1n) is 7.56. The van der Waals surface area contributed by atoms with Gasteiger partial charge < -0.3 is 5.11 Å². The molecule has 1 N–H and O–H groups in total. The lowest BCUT2D eigenvalue weighted by Crippen LogP contribution is -2.46. The van der Waals surface area contributed by atoms with Crippen LogP contribution in [0.1, 0.15) is 20.8 Å². The topological polar surface area (TPSA) is 20.2 Å². The van der Waals surface area contributed by atoms with Gasteiger partial charge in [-0.25, -0.2) is 0 Å². The van der Waals surface area contributed by atoms with Gasteiger partial charge in [-0.1, -0.05) is 86.6 Å². The lowest BCUT2D eigenvalue weighted by molar-refractivity contribution is 0.477. The second-order valence-corrected chi connectivity index (χ2v) is 10.6. The van der Waals surface area contributed by atoms with Crippen LogP contribution in [-0.2, 0) is 0 Å². The van der Waals surface area contributed by atoms with Crippen molar-refractivity contribution < 1.29 is 5.11 Å². The van der Waals surface area contributed by atoms with E-state index in [4.69, 9.17) is 0 Å². The first-order valence-corrected chi connectivity index (χ1v) is 10.2. The van der Waals surface area contributed by atoms with Crippen molar-refractivity contribution in [2.75, 3.05) is 0 Å². The molecule has 0 aromatic heterocycles. The number of hydrogen-bond donors (Lipinski definition) is 1. The van der Waals surface area contributed by atoms with E-state index >= 15 is 0 Å². The predicted molar refractivity (Wildman–Crippen MR) is 90.4 cm³/mol. The van der Waals surface area contributed by atoms with E-state index < -0.39 is 8.07 Å². The smallest absolute Gasteiger partial charge is 0.123 e. The molecule has 2 aromatic rings. The Balaban J connectivity index is 2.65. The summed E-state index contributed by atoms with van der Waals surface area (Å²) in [4.78, 5) is 0. The molecule has 0 saturated heterocycles. The Kier molecular flexibility index (Phi) is 4.66. The molecular weight excluding hydrogens is 260 g/mol. The third kappa shape index (κ3) is 2.53. The number of phenolic OH excluding ortho intramolecular Hbond substituents is 1. The van der Waals surface area contributed by atoms with Gasteiger partial charge in [0.05, 0.1) is 8.07 Å². The minimum Gasteiger partial charge on any atom is -0.507 e. The number of aromatic hydroxyl groups is 1. The molecule has 106 valence electrons. The van der Waals surface area contributed by atoms with Crippen molar-refractivity contribution in [1.82, 2.24) is 0 Å². The molecule has 0 aliphatic carbocycles. The monoisotopic (exact) mass is 284 g/mol. The zero-order chi connectivity index (χ0) is 14.6. The molecule has 0 aliphatic heterocycles. The first kappa shape index (κ1) is 14.9. The molecule has 2 rings (SSSR count). The van der Waals surface area contributed by atoms with Gasteiger partial charge in [-0.2, -0.15) is 0 Å². The van der Waals surface area contributed by atoms with E-state index in [1.165, 1.54) is 28.9 Å². The highest BCUT2D eigenvalue weighted by Crippen LogP contribution is 2.31. The SMILES string of the molecule is CC[Si](CC)(CC)c1ccccc1-c1ccccc1O. The fourth-order valence-corrected chi connectivity index (χ4v) is 7.09. The van der Waals surface area contributed by atoms with Crippen molar-refractivity contribution in [1.29, 1.82) is 0 Å². The zero-order valence-electron chi connectivity index (χ0n) is 12.7. The van der Waals surface area contributed by atoms with E-state index in [9.17, 15) is 5.11 Å². The molecule has 0 bridgehead atoms. The van der Waals surface area contributed by atoms with Gasteiger partial charge in [0, 0.05) is 5.56 Å². The summed E-state index contributed by atoms with van der Waals surface area (Å²) < 4.78 is 0. The fourth-order valence-electron chi connectivity index (χ4n) is 3.20. The summed E-state index contributed by atoms with van der Waals surface area (Å²) in [6.07, 6.45) is 0. The molecule has 1 nitrogen and oxygen atoms in total. The molecule has 0 fully saturated rings. The Hall–Kier alpha value is -1.54. The third-order valence-corrected chi connectivity index (χ3v) is 10.4. The number of hydrogen-bond acceptors (Lipinski definition) is 1. The largest absolute Gasteiger partial charge is 0.507 e. The standard InChI is InChI=1S/C18H24OSi/c1-4-20(5-2,6-3)18-14-10-8-12-16(18)15-11-7-9-13-17(15)19/h7-14,19H,4-6H2,1-3H3. The second-order valence-electron chi connectivity index (χ2n) is 5.40. The summed E-state index contributed by atoms with van der Waals surface area (Å²) in [7, 11) is -1.45. The summed E-state index contributed by atoms with van der Waals surface area (Å²) in [5.41, 5.74) is 2.19. The minimum absolute atomic E-state index is 0.381. The van der Waals surface area contributed by atoms with Gasteiger partial charge in [0.15, 0.2) is 0 Å². The van der Waals surface area contributed by atoms with E-state index in [2.05, 4.69) is 45.0 Å². The molecule has 2 heteroatoms. The third-order valence-electron chi connectivity index (χ3n) is 4.72. The predicted octanol–water partition coefficient (Wildman–Crippen LogP) is 4.77. The lowest BCUT2D eigenvalue weighted by atomic mass is 10.0. The maximum Gasteiger partial charge on any atom is 0.123 e. The highest BCUT2D eigenvalue weighted by Gasteiger charge is 2.31. The molecule has 0 atom stereocenters. The van der Waals surface area contributed by atoms with Crippen LogP contribution in [-0.4, -0.2) is 13.2 Å². The van der Waals surface area contributed by atoms with Gasteiger partial charge >= 0.3 is 0 Å². The molecular formula is C18H24OSi. The van der Waals surface area contributed by atoms with E-state index in [-0.39, 0.29) is 0 Å². The summed E-state index contributed by atoms with van der Waals surface area (Å²) in [5, 5.41) is 11.7. The van der Waals surface area contributed by atoms with Gasteiger partial charge in [0.1, 0.15) is 5.75 Å². The van der Waals surface area contributed by atoms with Crippen LogP contribution >= 0.6 is 0 Å². The van der Waals surface area contributed by atoms with Crippen LogP contribution < -0.4 is 5.19 Å². The van der Waals surface area contributed by atoms with E-state index in [1.54, 1.807) is 6.07 Å². The van der Waals surface area contributed by atoms with Crippen LogP contribution in [0.15, 0.2) is 48.5 Å². The summed E-state index contributed by atoms with van der Waals surface area (Å²) in [6.45, 7) is 6.96. The Morgan fingerprint density at radius 3 is 1.80 bits per heavy atom. The fraction of sp³-hybridized carbons (Fsp3) is 0.333. The second kappa shape index (κ2) is 6.27. The van der Waals surface area contributed by atoms with Gasteiger partial charge in [-0.15, -0.1) is 0 Å². The minimum atomic E-state index is -1.45. The summed E-state index contributed by atoms with van der Waals surface area (Å²) in [5.74, 6) is 0.381. The number of phenols is 1. The van der Waals surface area contributed by atoms with Crippen molar-refractivity contribution in [3.63, 3.8) is 0 Å². The van der Waals surface area contributed by atoms with Gasteiger partial charge in [-0.05, 0) is 11.6 Å². The number of benzene rings is 2. The van der Waals surface area contributed by atoms with E-state index in [0.29, 0.717) is 5.75 Å². The van der Waals surface area contributed by atoms with Crippen molar-refractivity contribution >= 4 is 13.3 Å². The van der Waals surface area contributed by atoms with Gasteiger partial charge in [0.25, 0.3) is 0 Å². The normalized spacial score (nSPS) is 11.6. The van der Waals surface area contributed by atoms with Crippen LogP contribution in [0.3, 0.4) is 0 Å². The lowest BCUT2D eigenvalue weighted by Gasteiger charge is -2.31. The summed E-state index contributed by atoms with van der Waals surface area (Å²) in [6, 6.07) is 20.1. The van der Waals surface area contributed by atoms with Crippen molar-refractivity contribution in [3.05, 3.63) is 48.5 Å². The Morgan fingerprint density at radius 1 is 0.750 bits per heavy atom. The molecule has 0 saturated carbocycles. The Bertz CT molecular complexity index is 565. The first-order chi connectivity index (χ1) is 9.68. The van der Waals surface area contributed by atoms with Gasteiger partial charge in [0.2, 0.25) is 0 Å². The van der Waals surface area contributed by atoms with Crippen LogP contribution in [0.5, 0.6) is 5.75 Å². The molecule has 0 heterocycles. The summed E-state index contributed by atoms with van der Waals surface area (Å²) >= 11 is 0. The zero-order valence-corrected chi connectivity index (χ0v) is 13.7. The van der Waals surface area contributed by atoms with Crippen molar-refractivity contribution in [2.24, 2.45) is 0 Å². The van der Waals surface area contributed by atoms with Crippen LogP contribution in [0.2, 0.25) is 18.1 Å². The molecule has 0 unspecified atom stereocenters. The number of rotatable bonds is 5. The van der Waals surface area contributed by atoms with E-state index in [1.807, 2.05) is 18.2 Å². The van der Waals surface area contributed by atoms with Crippen molar-refractivity contribution in [2.45, 2.75) is 38.9 Å². The Labute approximate surface area is 123 Å². The van der Waals surface area contributed by atoms with Gasteiger partial charge in [-0.3, -0.25) is 0 Å².